The minimum absolute atomic E-state index is 0.233. The Kier molecular flexibility index (Phi) is 7.13. The van der Waals surface area contributed by atoms with Gasteiger partial charge in [-0.2, -0.15) is 0 Å². The van der Waals surface area contributed by atoms with E-state index in [1.165, 1.54) is 0 Å². The predicted octanol–water partition coefficient (Wildman–Crippen LogP) is -2.93. The van der Waals surface area contributed by atoms with Gasteiger partial charge in [0.15, 0.2) is 12.6 Å². The Labute approximate surface area is 145 Å². The molecule has 2 rings (SSSR count). The normalized spacial score (nSPS) is 46.3. The van der Waals surface area contributed by atoms with E-state index in [4.69, 9.17) is 24.1 Å². The van der Waals surface area contributed by atoms with Gasteiger partial charge in [0.1, 0.15) is 36.1 Å². The molecule has 0 bridgehead atoms. The average molecular weight is 368 g/mol. The lowest BCUT2D eigenvalue weighted by molar-refractivity contribution is -0.317. The first kappa shape index (κ1) is 20.9. The summed E-state index contributed by atoms with van der Waals surface area (Å²) in [6.45, 7) is 2.34. The fraction of sp³-hybridized carbons (Fsp3) is 1.00. The maximum Gasteiger partial charge on any atom is 0.186 e. The van der Waals surface area contributed by atoms with E-state index in [9.17, 15) is 25.5 Å². The number of hydrogen-bond acceptors (Lipinski definition) is 10. The van der Waals surface area contributed by atoms with E-state index in [1.54, 1.807) is 6.92 Å². The largest absolute Gasteiger partial charge is 0.393 e. The van der Waals surface area contributed by atoms with Crippen LogP contribution in [0.4, 0.5) is 0 Å². The van der Waals surface area contributed by atoms with E-state index < -0.39 is 55.3 Å². The molecule has 2 saturated heterocycles. The molecule has 0 aromatic heterocycles. The SMILES string of the molecule is CC[C@H](C)O[C@@H]1O[C@H](CO[C@@H]2OC[C@](O)(CO)[C@H]2O)[C@@H](O)[C@H](O)[C@H]1O. The van der Waals surface area contributed by atoms with Crippen molar-refractivity contribution >= 4 is 0 Å². The van der Waals surface area contributed by atoms with E-state index in [2.05, 4.69) is 0 Å². The third kappa shape index (κ3) is 4.48. The lowest BCUT2D eigenvalue weighted by Crippen LogP contribution is -2.60. The molecule has 9 atom stereocenters. The van der Waals surface area contributed by atoms with Gasteiger partial charge in [-0.15, -0.1) is 0 Å². The molecule has 10 nitrogen and oxygen atoms in total. The van der Waals surface area contributed by atoms with Crippen molar-refractivity contribution in [2.24, 2.45) is 0 Å². The highest BCUT2D eigenvalue weighted by Gasteiger charge is 2.50. The summed E-state index contributed by atoms with van der Waals surface area (Å²) in [7, 11) is 0. The van der Waals surface area contributed by atoms with Crippen molar-refractivity contribution in [1.82, 2.24) is 0 Å². The molecule has 25 heavy (non-hydrogen) atoms. The van der Waals surface area contributed by atoms with E-state index >= 15 is 0 Å². The van der Waals surface area contributed by atoms with Gasteiger partial charge >= 0.3 is 0 Å². The van der Waals surface area contributed by atoms with Crippen molar-refractivity contribution < 1.29 is 49.6 Å². The van der Waals surface area contributed by atoms with Crippen LogP contribution < -0.4 is 0 Å². The zero-order valence-corrected chi connectivity index (χ0v) is 14.3. The molecule has 2 fully saturated rings. The number of hydrogen-bond donors (Lipinski definition) is 6. The molecule has 10 heteroatoms. The Morgan fingerprint density at radius 2 is 1.80 bits per heavy atom. The number of ether oxygens (including phenoxy) is 4. The molecule has 6 N–H and O–H groups in total. The van der Waals surface area contributed by atoms with Crippen LogP contribution in [0.5, 0.6) is 0 Å². The summed E-state index contributed by atoms with van der Waals surface area (Å²) in [6.07, 6.45) is -8.85. The standard InChI is InChI=1S/C15H28O10/c1-3-7(2)24-13-11(19)10(18)9(17)8(25-13)4-22-14-12(20)15(21,5-16)6-23-14/h7-14,16-21H,3-6H2,1-2H3/t7-,8+,9+,10-,11+,12-,13+,14+,15+/m0/s1. The van der Waals surface area contributed by atoms with E-state index in [-0.39, 0.29) is 19.3 Å². The van der Waals surface area contributed by atoms with Crippen molar-refractivity contribution in [3.8, 4) is 0 Å². The van der Waals surface area contributed by atoms with Gasteiger partial charge in [0.05, 0.1) is 25.9 Å². The van der Waals surface area contributed by atoms with Gasteiger partial charge < -0.3 is 49.6 Å². The van der Waals surface area contributed by atoms with Gasteiger partial charge in [0.2, 0.25) is 0 Å². The predicted molar refractivity (Wildman–Crippen MR) is 81.3 cm³/mol. The fourth-order valence-corrected chi connectivity index (χ4v) is 2.62. The first-order valence-corrected chi connectivity index (χ1v) is 8.33. The molecule has 0 radical (unpaired) electrons. The molecule has 2 aliphatic rings. The first-order chi connectivity index (χ1) is 11.7. The van der Waals surface area contributed by atoms with Crippen LogP contribution in [0.25, 0.3) is 0 Å². The Morgan fingerprint density at radius 3 is 2.36 bits per heavy atom. The Balaban J connectivity index is 1.94. The molecule has 0 saturated carbocycles. The maximum absolute atomic E-state index is 10.0. The highest BCUT2D eigenvalue weighted by Crippen LogP contribution is 2.28. The molecular weight excluding hydrogens is 340 g/mol. The minimum Gasteiger partial charge on any atom is -0.393 e. The van der Waals surface area contributed by atoms with Crippen LogP contribution in [0.15, 0.2) is 0 Å². The number of rotatable bonds is 7. The van der Waals surface area contributed by atoms with Crippen molar-refractivity contribution in [1.29, 1.82) is 0 Å². The van der Waals surface area contributed by atoms with Crippen LogP contribution in [-0.2, 0) is 18.9 Å². The summed E-state index contributed by atoms with van der Waals surface area (Å²) >= 11 is 0. The molecule has 0 unspecified atom stereocenters. The molecule has 0 aliphatic carbocycles. The van der Waals surface area contributed by atoms with Gasteiger partial charge in [-0.05, 0) is 13.3 Å². The van der Waals surface area contributed by atoms with Gasteiger partial charge in [-0.25, -0.2) is 0 Å². The van der Waals surface area contributed by atoms with Gasteiger partial charge in [-0.3, -0.25) is 0 Å². The van der Waals surface area contributed by atoms with Crippen molar-refractivity contribution in [2.75, 3.05) is 19.8 Å². The summed E-state index contributed by atoms with van der Waals surface area (Å²) in [6, 6.07) is 0. The molecule has 0 aromatic rings. The first-order valence-electron chi connectivity index (χ1n) is 8.33. The Morgan fingerprint density at radius 1 is 1.12 bits per heavy atom. The monoisotopic (exact) mass is 368 g/mol. The van der Waals surface area contributed by atoms with Crippen molar-refractivity contribution in [3.63, 3.8) is 0 Å². The summed E-state index contributed by atoms with van der Waals surface area (Å²) in [5.41, 5.74) is -1.82. The second kappa shape index (κ2) is 8.53. The maximum atomic E-state index is 10.0. The second-order valence-electron chi connectivity index (χ2n) is 6.59. The molecule has 0 spiro atoms. The highest BCUT2D eigenvalue weighted by molar-refractivity contribution is 4.94. The van der Waals surface area contributed by atoms with Crippen LogP contribution in [0.3, 0.4) is 0 Å². The summed E-state index contributed by atoms with van der Waals surface area (Å²) < 4.78 is 21.4. The van der Waals surface area contributed by atoms with Gasteiger partial charge in [0, 0.05) is 0 Å². The average Bonchev–Trinajstić information content (AvgIpc) is 2.89. The molecular formula is C15H28O10. The summed E-state index contributed by atoms with van der Waals surface area (Å²) in [5, 5.41) is 58.9. The van der Waals surface area contributed by atoms with Crippen molar-refractivity contribution in [3.05, 3.63) is 0 Å². The van der Waals surface area contributed by atoms with Crippen LogP contribution >= 0.6 is 0 Å². The van der Waals surface area contributed by atoms with E-state index in [0.717, 1.165) is 0 Å². The molecule has 0 amide bonds. The van der Waals surface area contributed by atoms with Crippen LogP contribution in [0, 0.1) is 0 Å². The number of aliphatic hydroxyl groups is 6. The fourth-order valence-electron chi connectivity index (χ4n) is 2.62. The zero-order chi connectivity index (χ0) is 18.8. The van der Waals surface area contributed by atoms with Crippen LogP contribution in [0.2, 0.25) is 0 Å². The topological polar surface area (TPSA) is 158 Å². The Hall–Kier alpha value is -0.400. The summed E-state index contributed by atoms with van der Waals surface area (Å²) in [5.74, 6) is 0. The van der Waals surface area contributed by atoms with Crippen LogP contribution in [-0.4, -0.2) is 105 Å². The number of aliphatic hydroxyl groups excluding tert-OH is 5. The quantitative estimate of drug-likeness (QED) is 0.275. The molecule has 148 valence electrons. The summed E-state index contributed by atoms with van der Waals surface area (Å²) in [4.78, 5) is 0. The van der Waals surface area contributed by atoms with Gasteiger partial charge in [-0.1, -0.05) is 6.92 Å². The minimum atomic E-state index is -1.82. The molecule has 2 aliphatic heterocycles. The van der Waals surface area contributed by atoms with E-state index in [1.807, 2.05) is 6.92 Å². The van der Waals surface area contributed by atoms with Crippen LogP contribution in [0.1, 0.15) is 20.3 Å². The van der Waals surface area contributed by atoms with E-state index in [0.29, 0.717) is 6.42 Å². The van der Waals surface area contributed by atoms with Gasteiger partial charge in [0.25, 0.3) is 0 Å². The zero-order valence-electron chi connectivity index (χ0n) is 14.3. The third-order valence-electron chi connectivity index (χ3n) is 4.61. The molecule has 0 aromatic carbocycles. The lowest BCUT2D eigenvalue weighted by Gasteiger charge is -2.41. The third-order valence-corrected chi connectivity index (χ3v) is 4.61. The van der Waals surface area contributed by atoms with Crippen molar-refractivity contribution in [2.45, 2.75) is 75.1 Å². The molecule has 2 heterocycles. The lowest BCUT2D eigenvalue weighted by atomic mass is 9.99. The Bertz CT molecular complexity index is 423. The smallest absolute Gasteiger partial charge is 0.186 e. The second-order valence-corrected chi connectivity index (χ2v) is 6.59. The highest BCUT2D eigenvalue weighted by atomic mass is 16.7.